The summed E-state index contributed by atoms with van der Waals surface area (Å²) in [4.78, 5) is 0. The van der Waals surface area contributed by atoms with Gasteiger partial charge in [-0.3, -0.25) is 0 Å². The number of alkyl halides is 3. The minimum absolute atomic E-state index is 0.0954. The highest BCUT2D eigenvalue weighted by Gasteiger charge is 2.31. The van der Waals surface area contributed by atoms with Gasteiger partial charge in [0.2, 0.25) is 0 Å². The molecule has 0 spiro atoms. The topological polar surface area (TPSA) is 23.8 Å². The number of nitrogens with zero attached hydrogens (tertiary/aromatic N) is 1. The van der Waals surface area contributed by atoms with Crippen molar-refractivity contribution >= 4 is 0 Å². The van der Waals surface area contributed by atoms with Crippen molar-refractivity contribution in [2.75, 3.05) is 0 Å². The maximum atomic E-state index is 12.4. The molecule has 0 aliphatic heterocycles. The zero-order valence-corrected chi connectivity index (χ0v) is 8.39. The highest BCUT2D eigenvalue weighted by molar-refractivity contribution is 5.42. The van der Waals surface area contributed by atoms with Crippen LogP contribution < -0.4 is 0 Å². The molecule has 0 bridgehead atoms. The Morgan fingerprint density at radius 3 is 2.27 bits per heavy atom. The summed E-state index contributed by atoms with van der Waals surface area (Å²) in [5, 5.41) is 8.73. The van der Waals surface area contributed by atoms with E-state index in [2.05, 4.69) is 0 Å². The molecule has 15 heavy (non-hydrogen) atoms. The second-order valence-corrected chi connectivity index (χ2v) is 3.57. The van der Waals surface area contributed by atoms with E-state index in [1.165, 1.54) is 6.07 Å². The first-order valence-corrected chi connectivity index (χ1v) is 4.47. The number of halogens is 3. The first-order chi connectivity index (χ1) is 6.86. The minimum atomic E-state index is -4.35. The van der Waals surface area contributed by atoms with E-state index in [-0.39, 0.29) is 5.92 Å². The van der Waals surface area contributed by atoms with Crippen molar-refractivity contribution in [3.8, 4) is 6.07 Å². The highest BCUT2D eigenvalue weighted by Crippen LogP contribution is 2.32. The Kier molecular flexibility index (Phi) is 3.04. The molecule has 0 aliphatic carbocycles. The predicted octanol–water partition coefficient (Wildman–Crippen LogP) is 3.70. The smallest absolute Gasteiger partial charge is 0.192 e. The van der Waals surface area contributed by atoms with Crippen LogP contribution in [0.25, 0.3) is 0 Å². The maximum Gasteiger partial charge on any atom is 0.416 e. The van der Waals surface area contributed by atoms with Crippen LogP contribution in [0.3, 0.4) is 0 Å². The molecule has 0 radical (unpaired) electrons. The monoisotopic (exact) mass is 213 g/mol. The van der Waals surface area contributed by atoms with Crippen LogP contribution in [0.2, 0.25) is 0 Å². The standard InChI is InChI=1S/C11H10F3N/c1-7(2)10-5-9(11(12,13)14)4-3-8(10)6-15/h3-5,7H,1-2H3. The quantitative estimate of drug-likeness (QED) is 0.697. The summed E-state index contributed by atoms with van der Waals surface area (Å²) in [5.41, 5.74) is 0.0375. The van der Waals surface area contributed by atoms with Crippen LogP contribution in [-0.4, -0.2) is 0 Å². The van der Waals surface area contributed by atoms with E-state index in [1.807, 2.05) is 6.07 Å². The molecular formula is C11H10F3N. The summed E-state index contributed by atoms with van der Waals surface area (Å²) < 4.78 is 37.2. The van der Waals surface area contributed by atoms with Gasteiger partial charge in [0, 0.05) is 0 Å². The van der Waals surface area contributed by atoms with Gasteiger partial charge in [0.25, 0.3) is 0 Å². The number of hydrogen-bond donors (Lipinski definition) is 0. The number of rotatable bonds is 1. The normalized spacial score (nSPS) is 11.5. The van der Waals surface area contributed by atoms with E-state index < -0.39 is 11.7 Å². The second-order valence-electron chi connectivity index (χ2n) is 3.57. The van der Waals surface area contributed by atoms with Crippen molar-refractivity contribution in [1.82, 2.24) is 0 Å². The van der Waals surface area contributed by atoms with Crippen molar-refractivity contribution in [1.29, 1.82) is 5.26 Å². The fourth-order valence-corrected chi connectivity index (χ4v) is 1.32. The van der Waals surface area contributed by atoms with Crippen molar-refractivity contribution in [3.05, 3.63) is 34.9 Å². The average Bonchev–Trinajstić information content (AvgIpc) is 2.15. The van der Waals surface area contributed by atoms with E-state index in [9.17, 15) is 13.2 Å². The van der Waals surface area contributed by atoms with Gasteiger partial charge in [0.1, 0.15) is 0 Å². The van der Waals surface area contributed by atoms with Gasteiger partial charge in [-0.25, -0.2) is 0 Å². The van der Waals surface area contributed by atoms with E-state index in [1.54, 1.807) is 13.8 Å². The molecule has 1 nitrogen and oxygen atoms in total. The van der Waals surface area contributed by atoms with Gasteiger partial charge in [-0.05, 0) is 29.7 Å². The molecule has 1 aromatic rings. The summed E-state index contributed by atoms with van der Waals surface area (Å²) in [6.07, 6.45) is -4.35. The number of nitriles is 1. The summed E-state index contributed by atoms with van der Waals surface area (Å²) in [6, 6.07) is 5.09. The van der Waals surface area contributed by atoms with Gasteiger partial charge < -0.3 is 0 Å². The lowest BCUT2D eigenvalue weighted by Crippen LogP contribution is -2.06. The van der Waals surface area contributed by atoms with E-state index in [4.69, 9.17) is 5.26 Å². The van der Waals surface area contributed by atoms with Gasteiger partial charge >= 0.3 is 6.18 Å². The molecule has 0 saturated heterocycles. The Morgan fingerprint density at radius 1 is 1.27 bits per heavy atom. The zero-order valence-electron chi connectivity index (χ0n) is 8.39. The van der Waals surface area contributed by atoms with Crippen molar-refractivity contribution in [2.45, 2.75) is 25.9 Å². The minimum Gasteiger partial charge on any atom is -0.192 e. The molecule has 80 valence electrons. The number of hydrogen-bond acceptors (Lipinski definition) is 1. The first-order valence-electron chi connectivity index (χ1n) is 4.47. The summed E-state index contributed by atoms with van der Waals surface area (Å²) in [5.74, 6) is -0.0954. The van der Waals surface area contributed by atoms with E-state index in [0.29, 0.717) is 11.1 Å². The lowest BCUT2D eigenvalue weighted by Gasteiger charge is -2.12. The molecule has 1 rings (SSSR count). The maximum absolute atomic E-state index is 12.4. The van der Waals surface area contributed by atoms with Crippen LogP contribution >= 0.6 is 0 Å². The summed E-state index contributed by atoms with van der Waals surface area (Å²) in [6.45, 7) is 3.52. The third-order valence-corrected chi connectivity index (χ3v) is 2.12. The Balaban J connectivity index is 3.30. The molecule has 1 aromatic carbocycles. The predicted molar refractivity (Wildman–Crippen MR) is 50.2 cm³/mol. The van der Waals surface area contributed by atoms with E-state index >= 15 is 0 Å². The van der Waals surface area contributed by atoms with Crippen LogP contribution in [0.5, 0.6) is 0 Å². The van der Waals surface area contributed by atoms with Crippen molar-refractivity contribution < 1.29 is 13.2 Å². The van der Waals surface area contributed by atoms with Gasteiger partial charge in [0.05, 0.1) is 17.2 Å². The van der Waals surface area contributed by atoms with Gasteiger partial charge in [-0.2, -0.15) is 18.4 Å². The molecule has 0 atom stereocenters. The molecule has 0 aromatic heterocycles. The Labute approximate surface area is 86.1 Å². The largest absolute Gasteiger partial charge is 0.416 e. The molecule has 0 saturated carbocycles. The van der Waals surface area contributed by atoms with Crippen molar-refractivity contribution in [2.24, 2.45) is 0 Å². The number of benzene rings is 1. The summed E-state index contributed by atoms with van der Waals surface area (Å²) >= 11 is 0. The third kappa shape index (κ3) is 2.50. The molecule has 0 fully saturated rings. The molecule has 0 unspecified atom stereocenters. The average molecular weight is 213 g/mol. The molecule has 0 amide bonds. The fraction of sp³-hybridized carbons (Fsp3) is 0.364. The Bertz CT molecular complexity index is 399. The zero-order chi connectivity index (χ0) is 11.6. The molecule has 0 N–H and O–H groups in total. The fourth-order valence-electron chi connectivity index (χ4n) is 1.32. The third-order valence-electron chi connectivity index (χ3n) is 2.12. The summed E-state index contributed by atoms with van der Waals surface area (Å²) in [7, 11) is 0. The molecular weight excluding hydrogens is 203 g/mol. The Hall–Kier alpha value is -1.50. The van der Waals surface area contributed by atoms with Crippen LogP contribution in [0.15, 0.2) is 18.2 Å². The van der Waals surface area contributed by atoms with Crippen LogP contribution in [-0.2, 0) is 6.18 Å². The van der Waals surface area contributed by atoms with Crippen LogP contribution in [0, 0.1) is 11.3 Å². The van der Waals surface area contributed by atoms with Crippen LogP contribution in [0.4, 0.5) is 13.2 Å². The Morgan fingerprint density at radius 2 is 1.87 bits per heavy atom. The van der Waals surface area contributed by atoms with Gasteiger partial charge in [0.15, 0.2) is 0 Å². The van der Waals surface area contributed by atoms with Crippen molar-refractivity contribution in [3.63, 3.8) is 0 Å². The second kappa shape index (κ2) is 3.93. The lowest BCUT2D eigenvalue weighted by molar-refractivity contribution is -0.137. The van der Waals surface area contributed by atoms with Gasteiger partial charge in [-0.15, -0.1) is 0 Å². The van der Waals surface area contributed by atoms with Gasteiger partial charge in [-0.1, -0.05) is 13.8 Å². The highest BCUT2D eigenvalue weighted by atomic mass is 19.4. The molecule has 0 heterocycles. The lowest BCUT2D eigenvalue weighted by atomic mass is 9.95. The first kappa shape index (κ1) is 11.6. The van der Waals surface area contributed by atoms with Crippen LogP contribution in [0.1, 0.15) is 36.5 Å². The SMILES string of the molecule is CC(C)c1cc(C(F)(F)F)ccc1C#N. The van der Waals surface area contributed by atoms with E-state index in [0.717, 1.165) is 12.1 Å². The molecule has 4 heteroatoms. The molecule has 0 aliphatic rings.